The Morgan fingerprint density at radius 3 is 2.64 bits per heavy atom. The van der Waals surface area contributed by atoms with Crippen molar-refractivity contribution in [3.8, 4) is 0 Å². The normalized spacial score (nSPS) is 13.8. The Labute approximate surface area is 84.6 Å². The molecule has 0 rings (SSSR count). The SMILES string of the molecule is CCC(C)CC(=O)N(C)CC(N)=NO. The number of likely N-dealkylation sites (N-methyl/N-ethyl adjacent to an activating group) is 1. The molecule has 1 atom stereocenters. The number of rotatable bonds is 5. The Balaban J connectivity index is 4.00. The summed E-state index contributed by atoms with van der Waals surface area (Å²) in [5, 5.41) is 11.1. The van der Waals surface area contributed by atoms with E-state index in [2.05, 4.69) is 5.16 Å². The Morgan fingerprint density at radius 1 is 1.64 bits per heavy atom. The minimum Gasteiger partial charge on any atom is -0.409 e. The molecule has 0 spiro atoms. The van der Waals surface area contributed by atoms with Crippen LogP contribution in [0.2, 0.25) is 0 Å². The van der Waals surface area contributed by atoms with E-state index < -0.39 is 0 Å². The summed E-state index contributed by atoms with van der Waals surface area (Å²) in [7, 11) is 1.64. The second-order valence-electron chi connectivity index (χ2n) is 3.56. The molecular weight excluding hydrogens is 182 g/mol. The van der Waals surface area contributed by atoms with Crippen LogP contribution in [0.1, 0.15) is 26.7 Å². The maximum atomic E-state index is 11.5. The van der Waals surface area contributed by atoms with Gasteiger partial charge in [-0.25, -0.2) is 0 Å². The topological polar surface area (TPSA) is 78.9 Å². The lowest BCUT2D eigenvalue weighted by molar-refractivity contribution is -0.130. The summed E-state index contributed by atoms with van der Waals surface area (Å²) in [6.45, 7) is 4.24. The van der Waals surface area contributed by atoms with Crippen molar-refractivity contribution in [1.29, 1.82) is 0 Å². The molecule has 5 heteroatoms. The monoisotopic (exact) mass is 201 g/mol. The van der Waals surface area contributed by atoms with Gasteiger partial charge in [-0.1, -0.05) is 25.4 Å². The molecule has 0 aromatic heterocycles. The summed E-state index contributed by atoms with van der Waals surface area (Å²) in [5.41, 5.74) is 5.28. The van der Waals surface area contributed by atoms with Crippen LogP contribution in [-0.4, -0.2) is 35.4 Å². The van der Waals surface area contributed by atoms with Gasteiger partial charge in [0.05, 0.1) is 6.54 Å². The zero-order chi connectivity index (χ0) is 11.1. The van der Waals surface area contributed by atoms with E-state index >= 15 is 0 Å². The third kappa shape index (κ3) is 4.69. The number of oxime groups is 1. The average Bonchev–Trinajstić information content (AvgIpc) is 2.17. The first-order valence-corrected chi connectivity index (χ1v) is 4.71. The van der Waals surface area contributed by atoms with Crippen LogP contribution >= 0.6 is 0 Å². The first kappa shape index (κ1) is 12.7. The van der Waals surface area contributed by atoms with E-state index in [0.29, 0.717) is 12.3 Å². The Hall–Kier alpha value is -1.26. The van der Waals surface area contributed by atoms with Crippen molar-refractivity contribution >= 4 is 11.7 Å². The van der Waals surface area contributed by atoms with Gasteiger partial charge in [0.15, 0.2) is 5.84 Å². The van der Waals surface area contributed by atoms with Crippen LogP contribution in [0, 0.1) is 5.92 Å². The van der Waals surface area contributed by atoms with Crippen molar-refractivity contribution in [3.05, 3.63) is 0 Å². The number of amides is 1. The number of carbonyl (C=O) groups excluding carboxylic acids is 1. The van der Waals surface area contributed by atoms with Crippen molar-refractivity contribution < 1.29 is 10.0 Å². The van der Waals surface area contributed by atoms with E-state index in [1.165, 1.54) is 4.90 Å². The summed E-state index contributed by atoms with van der Waals surface area (Å²) in [5.74, 6) is 0.438. The molecule has 0 aliphatic carbocycles. The van der Waals surface area contributed by atoms with Crippen molar-refractivity contribution in [2.45, 2.75) is 26.7 Å². The van der Waals surface area contributed by atoms with Crippen molar-refractivity contribution in [3.63, 3.8) is 0 Å². The van der Waals surface area contributed by atoms with E-state index in [4.69, 9.17) is 10.9 Å². The van der Waals surface area contributed by atoms with Gasteiger partial charge < -0.3 is 15.8 Å². The fourth-order valence-corrected chi connectivity index (χ4v) is 0.961. The largest absolute Gasteiger partial charge is 0.409 e. The summed E-state index contributed by atoms with van der Waals surface area (Å²) in [6.07, 6.45) is 1.48. The van der Waals surface area contributed by atoms with Gasteiger partial charge in [0.25, 0.3) is 0 Å². The van der Waals surface area contributed by atoms with Crippen molar-refractivity contribution in [2.75, 3.05) is 13.6 Å². The lowest BCUT2D eigenvalue weighted by Crippen LogP contribution is -2.36. The molecule has 1 unspecified atom stereocenters. The van der Waals surface area contributed by atoms with E-state index in [1.807, 2.05) is 13.8 Å². The number of nitrogens with zero attached hydrogens (tertiary/aromatic N) is 2. The molecule has 0 heterocycles. The van der Waals surface area contributed by atoms with E-state index in [9.17, 15) is 4.79 Å². The zero-order valence-corrected chi connectivity index (χ0v) is 9.03. The summed E-state index contributed by atoms with van der Waals surface area (Å²) in [4.78, 5) is 13.0. The maximum Gasteiger partial charge on any atom is 0.222 e. The Kier molecular flexibility index (Phi) is 5.67. The molecule has 5 nitrogen and oxygen atoms in total. The van der Waals surface area contributed by atoms with Gasteiger partial charge in [-0.3, -0.25) is 4.79 Å². The van der Waals surface area contributed by atoms with E-state index in [1.54, 1.807) is 7.05 Å². The molecule has 0 aromatic carbocycles. The standard InChI is InChI=1S/C9H19N3O2/c1-4-7(2)5-9(13)12(3)6-8(10)11-14/h7,14H,4-6H2,1-3H3,(H2,10,11). The second-order valence-corrected chi connectivity index (χ2v) is 3.56. The molecular formula is C9H19N3O2. The second kappa shape index (κ2) is 6.23. The van der Waals surface area contributed by atoms with Crippen LogP contribution in [0.25, 0.3) is 0 Å². The van der Waals surface area contributed by atoms with E-state index in [0.717, 1.165) is 6.42 Å². The lowest BCUT2D eigenvalue weighted by atomic mass is 10.0. The number of amidine groups is 1. The summed E-state index contributed by atoms with van der Waals surface area (Å²) < 4.78 is 0. The highest BCUT2D eigenvalue weighted by Crippen LogP contribution is 2.07. The quantitative estimate of drug-likeness (QED) is 0.296. The predicted octanol–water partition coefficient (Wildman–Crippen LogP) is 0.627. The van der Waals surface area contributed by atoms with Crippen LogP contribution < -0.4 is 5.73 Å². The third-order valence-electron chi connectivity index (χ3n) is 2.17. The highest BCUT2D eigenvalue weighted by molar-refractivity contribution is 5.86. The van der Waals surface area contributed by atoms with Gasteiger partial charge in [0.1, 0.15) is 0 Å². The first-order valence-electron chi connectivity index (χ1n) is 4.71. The smallest absolute Gasteiger partial charge is 0.222 e. The summed E-state index contributed by atoms with van der Waals surface area (Å²) >= 11 is 0. The number of carbonyl (C=O) groups is 1. The van der Waals surface area contributed by atoms with Crippen LogP contribution in [-0.2, 0) is 4.79 Å². The molecule has 82 valence electrons. The molecule has 0 saturated carbocycles. The first-order chi connectivity index (χ1) is 6.51. The van der Waals surface area contributed by atoms with E-state index in [-0.39, 0.29) is 18.3 Å². The maximum absolute atomic E-state index is 11.5. The number of hydrogen-bond donors (Lipinski definition) is 2. The molecule has 3 N–H and O–H groups in total. The molecule has 0 saturated heterocycles. The Bertz CT molecular complexity index is 216. The molecule has 1 amide bonds. The summed E-state index contributed by atoms with van der Waals surface area (Å²) in [6, 6.07) is 0. The fraction of sp³-hybridized carbons (Fsp3) is 0.778. The number of hydrogen-bond acceptors (Lipinski definition) is 3. The molecule has 14 heavy (non-hydrogen) atoms. The van der Waals surface area contributed by atoms with Crippen LogP contribution in [0.5, 0.6) is 0 Å². The molecule has 0 fully saturated rings. The van der Waals surface area contributed by atoms with Crippen molar-refractivity contribution in [2.24, 2.45) is 16.8 Å². The third-order valence-corrected chi connectivity index (χ3v) is 2.17. The van der Waals surface area contributed by atoms with Crippen LogP contribution in [0.4, 0.5) is 0 Å². The van der Waals surface area contributed by atoms with Crippen LogP contribution in [0.15, 0.2) is 5.16 Å². The van der Waals surface area contributed by atoms with Gasteiger partial charge in [0.2, 0.25) is 5.91 Å². The fourth-order valence-electron chi connectivity index (χ4n) is 0.961. The molecule has 0 radical (unpaired) electrons. The average molecular weight is 201 g/mol. The highest BCUT2D eigenvalue weighted by Gasteiger charge is 2.12. The minimum atomic E-state index is 0.0194. The molecule has 0 aromatic rings. The van der Waals surface area contributed by atoms with Gasteiger partial charge in [-0.15, -0.1) is 0 Å². The predicted molar refractivity (Wildman–Crippen MR) is 55.1 cm³/mol. The molecule has 0 bridgehead atoms. The van der Waals surface area contributed by atoms with Gasteiger partial charge >= 0.3 is 0 Å². The van der Waals surface area contributed by atoms with Crippen molar-refractivity contribution in [1.82, 2.24) is 4.90 Å². The van der Waals surface area contributed by atoms with Gasteiger partial charge in [-0.2, -0.15) is 0 Å². The van der Waals surface area contributed by atoms with Gasteiger partial charge in [-0.05, 0) is 5.92 Å². The minimum absolute atomic E-state index is 0.0194. The lowest BCUT2D eigenvalue weighted by Gasteiger charge is -2.18. The highest BCUT2D eigenvalue weighted by atomic mass is 16.4. The van der Waals surface area contributed by atoms with Crippen LogP contribution in [0.3, 0.4) is 0 Å². The molecule has 0 aliphatic rings. The molecule has 0 aliphatic heterocycles. The zero-order valence-electron chi connectivity index (χ0n) is 9.03. The van der Waals surface area contributed by atoms with Gasteiger partial charge in [0, 0.05) is 13.5 Å². The number of nitrogens with two attached hydrogens (primary N) is 1. The Morgan fingerprint density at radius 2 is 2.21 bits per heavy atom.